The lowest BCUT2D eigenvalue weighted by atomic mass is 10.2. The van der Waals surface area contributed by atoms with Crippen molar-refractivity contribution in [2.75, 3.05) is 11.1 Å². The van der Waals surface area contributed by atoms with Gasteiger partial charge in [0.15, 0.2) is 0 Å². The molecule has 7 aromatic rings. The second-order valence-corrected chi connectivity index (χ2v) is 15.7. The zero-order valence-corrected chi connectivity index (χ0v) is 35.5. The van der Waals surface area contributed by atoms with Crippen LogP contribution in [0.1, 0.15) is 0 Å². The number of non-ortho nitro benzene ring substituents is 1. The van der Waals surface area contributed by atoms with E-state index >= 15 is 0 Å². The highest BCUT2D eigenvalue weighted by atomic mass is 79.9. The van der Waals surface area contributed by atoms with Gasteiger partial charge < -0.3 is 11.1 Å². The maximum atomic E-state index is 10.7. The van der Waals surface area contributed by atoms with Crippen LogP contribution in [0.5, 0.6) is 0 Å². The molecule has 0 spiro atoms. The Morgan fingerprint density at radius 3 is 1.41 bits per heavy atom. The van der Waals surface area contributed by atoms with Crippen LogP contribution in [0.25, 0.3) is 22.1 Å². The maximum absolute atomic E-state index is 10.7. The minimum Gasteiger partial charge on any atom is -0.399 e. The quantitative estimate of drug-likeness (QED) is 0.0589. The van der Waals surface area contributed by atoms with E-state index in [0.717, 1.165) is 60.3 Å². The van der Waals surface area contributed by atoms with Gasteiger partial charge in [0.25, 0.3) is 5.69 Å². The predicted octanol–water partition coefficient (Wildman–Crippen LogP) is 14.0. The second kappa shape index (κ2) is 19.9. The van der Waals surface area contributed by atoms with Crippen LogP contribution in [0.15, 0.2) is 159 Å². The Labute approximate surface area is 343 Å². The smallest absolute Gasteiger partial charge is 0.269 e. The molecule has 0 aliphatic rings. The lowest BCUT2D eigenvalue weighted by Crippen LogP contribution is -1.90. The lowest BCUT2D eigenvalue weighted by molar-refractivity contribution is -0.384. The number of nitro groups is 1. The van der Waals surface area contributed by atoms with Gasteiger partial charge in [-0.15, -0.1) is 4.91 Å². The summed E-state index contributed by atoms with van der Waals surface area (Å²) >= 11 is 20.1. The Bertz CT molecular complexity index is 2180. The number of nitrogens with one attached hydrogen (secondary N) is 1. The number of aromatic nitrogens is 2. The summed E-state index contributed by atoms with van der Waals surface area (Å²) in [6, 6.07) is 38.5. The van der Waals surface area contributed by atoms with Crippen molar-refractivity contribution in [3.63, 3.8) is 0 Å². The van der Waals surface area contributed by atoms with Crippen LogP contribution in [0.2, 0.25) is 0 Å². The number of benzene rings is 6. The van der Waals surface area contributed by atoms with E-state index in [0.29, 0.717) is 11.4 Å². The van der Waals surface area contributed by atoms with Crippen molar-refractivity contribution in [2.24, 2.45) is 5.18 Å². The number of nitro benzene ring substituents is 1. The SMILES string of the molecule is Brc1ccc2nc3cc(Br)ccc3nc2c1.Nc1ccc(Br)cc1.O=Nc1ccc(Br)cc1Nc1ccc(Br)cc1.O=[N+]([O-])c1ccc(Br)cc1. The van der Waals surface area contributed by atoms with Crippen LogP contribution in [0, 0.1) is 15.0 Å². The predicted molar refractivity (Wildman–Crippen MR) is 229 cm³/mol. The number of nitrogen functional groups attached to an aromatic ring is 1. The van der Waals surface area contributed by atoms with Crippen LogP contribution in [0.3, 0.4) is 0 Å². The van der Waals surface area contributed by atoms with Crippen molar-refractivity contribution in [3.05, 3.63) is 169 Å². The van der Waals surface area contributed by atoms with Crippen LogP contribution in [0.4, 0.5) is 28.4 Å². The van der Waals surface area contributed by atoms with Gasteiger partial charge in [-0.3, -0.25) is 10.1 Å². The van der Waals surface area contributed by atoms with Gasteiger partial charge in [0.2, 0.25) is 0 Å². The summed E-state index contributed by atoms with van der Waals surface area (Å²) in [7, 11) is 0. The molecule has 0 saturated heterocycles. The number of nitrogens with zero attached hydrogens (tertiary/aromatic N) is 4. The van der Waals surface area contributed by atoms with Crippen molar-refractivity contribution in [1.82, 2.24) is 9.97 Å². The normalized spacial score (nSPS) is 10.1. The highest BCUT2D eigenvalue weighted by Crippen LogP contribution is 2.31. The van der Waals surface area contributed by atoms with Crippen molar-refractivity contribution in [1.29, 1.82) is 0 Å². The number of nitroso groups, excluding NO2 is 1. The number of nitrogens with two attached hydrogens (primary N) is 1. The van der Waals surface area contributed by atoms with Crippen molar-refractivity contribution in [2.45, 2.75) is 0 Å². The fourth-order valence-electron chi connectivity index (χ4n) is 4.02. The average molecular weight is 1070 g/mol. The minimum atomic E-state index is -0.424. The van der Waals surface area contributed by atoms with E-state index in [2.05, 4.69) is 116 Å². The van der Waals surface area contributed by atoms with E-state index in [4.69, 9.17) is 5.73 Å². The summed E-state index contributed by atoms with van der Waals surface area (Å²) in [5.41, 5.74) is 11.9. The zero-order chi connectivity index (χ0) is 36.9. The molecule has 0 aliphatic carbocycles. The molecule has 51 heavy (non-hydrogen) atoms. The molecule has 15 heteroatoms. The number of halogens is 6. The van der Waals surface area contributed by atoms with Crippen molar-refractivity contribution in [3.8, 4) is 0 Å². The topological polar surface area (TPSA) is 136 Å². The highest BCUT2D eigenvalue weighted by molar-refractivity contribution is 9.11. The third kappa shape index (κ3) is 13.2. The Morgan fingerprint density at radius 2 is 0.961 bits per heavy atom. The molecule has 1 aromatic heterocycles. The van der Waals surface area contributed by atoms with E-state index in [1.165, 1.54) is 12.1 Å². The van der Waals surface area contributed by atoms with E-state index in [1.807, 2.05) is 91.0 Å². The first-order valence-corrected chi connectivity index (χ1v) is 19.2. The zero-order valence-electron chi connectivity index (χ0n) is 26.0. The molecule has 0 amide bonds. The van der Waals surface area contributed by atoms with Crippen LogP contribution in [-0.2, 0) is 0 Å². The molecule has 0 unspecified atom stereocenters. The first-order valence-electron chi connectivity index (χ1n) is 14.5. The highest BCUT2D eigenvalue weighted by Gasteiger charge is 2.05. The molecule has 3 N–H and O–H groups in total. The first kappa shape index (κ1) is 40.2. The van der Waals surface area contributed by atoms with E-state index < -0.39 is 4.92 Å². The molecule has 0 saturated carbocycles. The van der Waals surface area contributed by atoms with Gasteiger partial charge in [-0.05, 0) is 120 Å². The summed E-state index contributed by atoms with van der Waals surface area (Å²) in [6.45, 7) is 0. The van der Waals surface area contributed by atoms with Gasteiger partial charge in [-0.1, -0.05) is 95.6 Å². The molecule has 0 fully saturated rings. The van der Waals surface area contributed by atoms with Crippen LogP contribution in [-0.4, -0.2) is 14.9 Å². The number of hydrogen-bond donors (Lipinski definition) is 2. The summed E-state index contributed by atoms with van der Waals surface area (Å²) in [5, 5.41) is 16.2. The third-order valence-corrected chi connectivity index (χ3v) is 9.51. The Morgan fingerprint density at radius 1 is 0.549 bits per heavy atom. The van der Waals surface area contributed by atoms with E-state index in [9.17, 15) is 15.0 Å². The Balaban J connectivity index is 0.000000159. The van der Waals surface area contributed by atoms with Gasteiger partial charge >= 0.3 is 0 Å². The number of anilines is 3. The lowest BCUT2D eigenvalue weighted by Gasteiger charge is -2.08. The Hall–Kier alpha value is -3.60. The molecule has 0 atom stereocenters. The standard InChI is InChI=1S/C12H8Br2N2O.C12H6Br2N2.C6H4BrNO2.C6H6BrN/c13-8-1-4-10(5-2-8)15-12-7-9(14)3-6-11(12)16-17;13-7-1-3-9-11(5-7)16-10-4-2-8(14)6-12(10)15-9;7-5-1-3-6(4-2-5)8(9)10;7-5-1-3-6(8)4-2-5/h1-7,15H;1-6H;1-4H;1-4H,8H2. The average Bonchev–Trinajstić information content (AvgIpc) is 3.11. The molecule has 7 rings (SSSR count). The van der Waals surface area contributed by atoms with Gasteiger partial charge in [-0.25, -0.2) is 9.97 Å². The number of rotatable bonds is 4. The minimum absolute atomic E-state index is 0.114. The van der Waals surface area contributed by atoms with Gasteiger partial charge in [0, 0.05) is 50.3 Å². The summed E-state index contributed by atoms with van der Waals surface area (Å²) in [5.74, 6) is 0. The molecular formula is C36H24Br6N6O3. The molecule has 0 radical (unpaired) electrons. The summed E-state index contributed by atoms with van der Waals surface area (Å²) in [6.07, 6.45) is 0. The third-order valence-electron chi connectivity index (χ3n) is 6.44. The van der Waals surface area contributed by atoms with Crippen LogP contribution >= 0.6 is 95.6 Å². The summed E-state index contributed by atoms with van der Waals surface area (Å²) in [4.78, 5) is 29.5. The Kier molecular flexibility index (Phi) is 15.6. The molecule has 0 aliphatic heterocycles. The molecule has 9 nitrogen and oxygen atoms in total. The molecule has 0 bridgehead atoms. The van der Waals surface area contributed by atoms with Crippen LogP contribution < -0.4 is 11.1 Å². The van der Waals surface area contributed by atoms with E-state index in [-0.39, 0.29) is 5.69 Å². The number of hydrogen-bond acceptors (Lipinski definition) is 8. The number of fused-ring (bicyclic) bond motifs is 2. The van der Waals surface area contributed by atoms with Crippen molar-refractivity contribution >= 4 is 146 Å². The molecular weight excluding hydrogens is 1040 g/mol. The fraction of sp³-hybridized carbons (Fsp3) is 0. The summed E-state index contributed by atoms with van der Waals surface area (Å²) < 4.78 is 5.84. The maximum Gasteiger partial charge on any atom is 0.269 e. The van der Waals surface area contributed by atoms with E-state index in [1.54, 1.807) is 24.3 Å². The molecule has 258 valence electrons. The molecule has 6 aromatic carbocycles. The first-order chi connectivity index (χ1) is 24.4. The largest absolute Gasteiger partial charge is 0.399 e. The van der Waals surface area contributed by atoms with Gasteiger partial charge in [-0.2, -0.15) is 0 Å². The fourth-order valence-corrected chi connectivity index (χ4v) is 5.88. The molecule has 1 heterocycles. The monoisotopic (exact) mass is 1060 g/mol. The van der Waals surface area contributed by atoms with Gasteiger partial charge in [0.05, 0.1) is 32.7 Å². The van der Waals surface area contributed by atoms with Gasteiger partial charge in [0.1, 0.15) is 5.69 Å². The second-order valence-electron chi connectivity index (χ2n) is 10.2. The van der Waals surface area contributed by atoms with Crippen molar-refractivity contribution < 1.29 is 4.92 Å².